The molecular weight excluding hydrogens is 306 g/mol. The van der Waals surface area contributed by atoms with Gasteiger partial charge in [0.05, 0.1) is 0 Å². The second-order valence-electron chi connectivity index (χ2n) is 5.91. The zero-order valence-corrected chi connectivity index (χ0v) is 13.9. The molecule has 0 spiro atoms. The number of nitrogens with zero attached hydrogens (tertiary/aromatic N) is 2. The van der Waals surface area contributed by atoms with Crippen LogP contribution in [0, 0.1) is 13.8 Å². The van der Waals surface area contributed by atoms with E-state index in [1.807, 2.05) is 33.0 Å². The molecule has 0 fully saturated rings. The SMILES string of the molecule is Cc1cc2oc(=O)cc(C)c2cc1NC(=O)CCc1ccnn1C. The van der Waals surface area contributed by atoms with Crippen molar-refractivity contribution in [3.8, 4) is 0 Å². The number of fused-ring (bicyclic) bond motifs is 1. The Kier molecular flexibility index (Phi) is 4.20. The highest BCUT2D eigenvalue weighted by Crippen LogP contribution is 2.25. The number of hydrogen-bond donors (Lipinski definition) is 1. The van der Waals surface area contributed by atoms with Gasteiger partial charge >= 0.3 is 5.63 Å². The summed E-state index contributed by atoms with van der Waals surface area (Å²) < 4.78 is 6.98. The standard InChI is InChI=1S/C18H19N3O3/c1-11-9-18(23)24-16-8-12(2)15(10-14(11)16)20-17(22)5-4-13-6-7-19-21(13)3/h6-10H,4-5H2,1-3H3,(H,20,22). The van der Waals surface area contributed by atoms with Crippen LogP contribution < -0.4 is 10.9 Å². The molecule has 2 heterocycles. The molecule has 1 amide bonds. The Morgan fingerprint density at radius 1 is 1.25 bits per heavy atom. The van der Waals surface area contributed by atoms with Crippen LogP contribution in [0.4, 0.5) is 5.69 Å². The third kappa shape index (κ3) is 3.22. The lowest BCUT2D eigenvalue weighted by Crippen LogP contribution is -2.14. The van der Waals surface area contributed by atoms with Gasteiger partial charge in [-0.15, -0.1) is 0 Å². The average molecular weight is 325 g/mol. The number of anilines is 1. The Morgan fingerprint density at radius 2 is 2.04 bits per heavy atom. The van der Waals surface area contributed by atoms with Gasteiger partial charge in [0.2, 0.25) is 5.91 Å². The van der Waals surface area contributed by atoms with Gasteiger partial charge in [-0.1, -0.05) is 0 Å². The molecule has 0 aliphatic carbocycles. The lowest BCUT2D eigenvalue weighted by molar-refractivity contribution is -0.116. The molecule has 6 nitrogen and oxygen atoms in total. The summed E-state index contributed by atoms with van der Waals surface area (Å²) in [6.45, 7) is 3.72. The molecule has 0 atom stereocenters. The summed E-state index contributed by atoms with van der Waals surface area (Å²) in [7, 11) is 1.86. The van der Waals surface area contributed by atoms with Crippen molar-refractivity contribution in [1.82, 2.24) is 9.78 Å². The first-order valence-corrected chi connectivity index (χ1v) is 7.76. The maximum absolute atomic E-state index is 12.2. The molecule has 2 aromatic heterocycles. The van der Waals surface area contributed by atoms with Crippen molar-refractivity contribution in [3.05, 3.63) is 57.7 Å². The van der Waals surface area contributed by atoms with E-state index in [1.54, 1.807) is 16.9 Å². The highest BCUT2D eigenvalue weighted by Gasteiger charge is 2.10. The smallest absolute Gasteiger partial charge is 0.336 e. The molecule has 0 aliphatic rings. The van der Waals surface area contributed by atoms with Gasteiger partial charge in [-0.2, -0.15) is 5.10 Å². The second-order valence-corrected chi connectivity index (χ2v) is 5.91. The van der Waals surface area contributed by atoms with E-state index >= 15 is 0 Å². The fourth-order valence-electron chi connectivity index (χ4n) is 2.70. The lowest BCUT2D eigenvalue weighted by Gasteiger charge is -2.11. The van der Waals surface area contributed by atoms with E-state index in [9.17, 15) is 9.59 Å². The first-order chi connectivity index (χ1) is 11.4. The van der Waals surface area contributed by atoms with Gasteiger partial charge < -0.3 is 9.73 Å². The van der Waals surface area contributed by atoms with Gasteiger partial charge in [0.1, 0.15) is 5.58 Å². The summed E-state index contributed by atoms with van der Waals surface area (Å²) in [6.07, 6.45) is 2.72. The van der Waals surface area contributed by atoms with Gasteiger partial charge in [0.15, 0.2) is 0 Å². The molecule has 3 aromatic rings. The number of hydrogen-bond acceptors (Lipinski definition) is 4. The van der Waals surface area contributed by atoms with E-state index in [0.29, 0.717) is 18.4 Å². The molecule has 1 N–H and O–H groups in total. The summed E-state index contributed by atoms with van der Waals surface area (Å²) in [6, 6.07) is 6.98. The summed E-state index contributed by atoms with van der Waals surface area (Å²) in [5.74, 6) is -0.0614. The van der Waals surface area contributed by atoms with E-state index < -0.39 is 0 Å². The van der Waals surface area contributed by atoms with Gasteiger partial charge in [0.25, 0.3) is 0 Å². The van der Waals surface area contributed by atoms with Crippen LogP contribution in [0.5, 0.6) is 0 Å². The number of amides is 1. The van der Waals surface area contributed by atoms with Crippen molar-refractivity contribution in [3.63, 3.8) is 0 Å². The van der Waals surface area contributed by atoms with Crippen LogP contribution in [-0.2, 0) is 18.3 Å². The molecule has 0 unspecified atom stereocenters. The molecule has 24 heavy (non-hydrogen) atoms. The number of carbonyl (C=O) groups is 1. The first-order valence-electron chi connectivity index (χ1n) is 7.76. The molecule has 6 heteroatoms. The molecule has 0 saturated heterocycles. The van der Waals surface area contributed by atoms with Crippen molar-refractivity contribution >= 4 is 22.6 Å². The van der Waals surface area contributed by atoms with Crippen LogP contribution in [0.2, 0.25) is 0 Å². The Morgan fingerprint density at radius 3 is 2.75 bits per heavy atom. The zero-order chi connectivity index (χ0) is 17.3. The lowest BCUT2D eigenvalue weighted by atomic mass is 10.1. The normalized spacial score (nSPS) is 11.0. The van der Waals surface area contributed by atoms with Crippen molar-refractivity contribution < 1.29 is 9.21 Å². The van der Waals surface area contributed by atoms with E-state index in [0.717, 1.165) is 27.9 Å². The Balaban J connectivity index is 1.79. The number of nitrogens with one attached hydrogen (secondary N) is 1. The Labute approximate surface area is 139 Å². The molecule has 124 valence electrons. The van der Waals surface area contributed by atoms with E-state index in [4.69, 9.17) is 4.42 Å². The van der Waals surface area contributed by atoms with Crippen molar-refractivity contribution in [2.75, 3.05) is 5.32 Å². The number of benzene rings is 1. The van der Waals surface area contributed by atoms with Crippen LogP contribution >= 0.6 is 0 Å². The van der Waals surface area contributed by atoms with Crippen LogP contribution in [0.1, 0.15) is 23.2 Å². The highest BCUT2D eigenvalue weighted by atomic mass is 16.4. The number of carbonyl (C=O) groups excluding carboxylic acids is 1. The third-order valence-electron chi connectivity index (χ3n) is 4.10. The summed E-state index contributed by atoms with van der Waals surface area (Å²) >= 11 is 0. The van der Waals surface area contributed by atoms with Crippen LogP contribution in [0.25, 0.3) is 11.0 Å². The number of aryl methyl sites for hydroxylation is 4. The number of rotatable bonds is 4. The van der Waals surface area contributed by atoms with Gasteiger partial charge in [-0.05, 0) is 49.6 Å². The minimum absolute atomic E-state index is 0.0614. The topological polar surface area (TPSA) is 77.1 Å². The molecular formula is C18H19N3O3. The third-order valence-corrected chi connectivity index (χ3v) is 4.10. The predicted molar refractivity (Wildman–Crippen MR) is 92.1 cm³/mol. The minimum Gasteiger partial charge on any atom is -0.423 e. The fraction of sp³-hybridized carbons (Fsp3) is 0.278. The van der Waals surface area contributed by atoms with Crippen molar-refractivity contribution in [1.29, 1.82) is 0 Å². The van der Waals surface area contributed by atoms with E-state index in [2.05, 4.69) is 10.4 Å². The summed E-state index contributed by atoms with van der Waals surface area (Å²) in [4.78, 5) is 23.7. The molecule has 0 aliphatic heterocycles. The summed E-state index contributed by atoms with van der Waals surface area (Å²) in [5, 5.41) is 7.85. The molecule has 0 saturated carbocycles. The summed E-state index contributed by atoms with van der Waals surface area (Å²) in [5.41, 5.74) is 3.59. The predicted octanol–water partition coefficient (Wildman–Crippen LogP) is 2.71. The zero-order valence-electron chi connectivity index (χ0n) is 13.9. The van der Waals surface area contributed by atoms with Crippen molar-refractivity contribution in [2.24, 2.45) is 7.05 Å². The largest absolute Gasteiger partial charge is 0.423 e. The molecule has 0 radical (unpaired) electrons. The monoisotopic (exact) mass is 325 g/mol. The molecule has 0 bridgehead atoms. The maximum Gasteiger partial charge on any atom is 0.336 e. The average Bonchev–Trinajstić information content (AvgIpc) is 2.92. The quantitative estimate of drug-likeness (QED) is 0.748. The van der Waals surface area contributed by atoms with Crippen LogP contribution in [0.3, 0.4) is 0 Å². The Hall–Kier alpha value is -2.89. The van der Waals surface area contributed by atoms with Gasteiger partial charge in [0, 0.05) is 42.5 Å². The number of aromatic nitrogens is 2. The Bertz CT molecular complexity index is 969. The van der Waals surface area contributed by atoms with Crippen molar-refractivity contribution in [2.45, 2.75) is 26.7 Å². The van der Waals surface area contributed by atoms with E-state index in [1.165, 1.54) is 6.07 Å². The molecule has 1 aromatic carbocycles. The highest BCUT2D eigenvalue weighted by molar-refractivity contribution is 5.95. The van der Waals surface area contributed by atoms with Crippen LogP contribution in [-0.4, -0.2) is 15.7 Å². The van der Waals surface area contributed by atoms with Crippen LogP contribution in [0.15, 0.2) is 39.7 Å². The minimum atomic E-state index is -0.368. The van der Waals surface area contributed by atoms with Gasteiger partial charge in [-0.3, -0.25) is 9.48 Å². The second kappa shape index (κ2) is 6.31. The van der Waals surface area contributed by atoms with E-state index in [-0.39, 0.29) is 11.5 Å². The fourth-order valence-corrected chi connectivity index (χ4v) is 2.70. The first kappa shape index (κ1) is 16.0. The molecule has 3 rings (SSSR count). The maximum atomic E-state index is 12.2. The van der Waals surface area contributed by atoms with Gasteiger partial charge in [-0.25, -0.2) is 4.79 Å².